The first-order valence-corrected chi connectivity index (χ1v) is 10.8. The fraction of sp³-hybridized carbons (Fsp3) is 0.429. The van der Waals surface area contributed by atoms with Crippen molar-refractivity contribution in [3.05, 3.63) is 30.7 Å². The summed E-state index contributed by atoms with van der Waals surface area (Å²) in [7, 11) is 3.33. The van der Waals surface area contributed by atoms with Crippen molar-refractivity contribution < 1.29 is 17.6 Å². The van der Waals surface area contributed by atoms with Crippen molar-refractivity contribution in [3.8, 4) is 11.3 Å². The van der Waals surface area contributed by atoms with Crippen LogP contribution in [0.3, 0.4) is 0 Å². The third-order valence-corrected chi connectivity index (χ3v) is 5.91. The van der Waals surface area contributed by atoms with Crippen LogP contribution in [0.15, 0.2) is 30.7 Å². The molecule has 2 N–H and O–H groups in total. The number of pyridine rings is 1. The Morgan fingerprint density at radius 1 is 1.21 bits per heavy atom. The zero-order chi connectivity index (χ0) is 24.0. The summed E-state index contributed by atoms with van der Waals surface area (Å²) < 4.78 is 57.7. The second kappa shape index (κ2) is 8.38. The van der Waals surface area contributed by atoms with Crippen LogP contribution in [0, 0.1) is 0 Å². The minimum atomic E-state index is -2.92. The SMILES string of the molecule is CNc1nc(NC2CCN(C)CC2(F)F)nn2ccc(-c3ccc4ncn(CC(F)F)c4n3)c12. The largest absolute Gasteiger partial charge is 0.371 e. The van der Waals surface area contributed by atoms with E-state index in [0.717, 1.165) is 0 Å². The number of anilines is 2. The number of hydrogen-bond donors (Lipinski definition) is 2. The molecule has 5 rings (SSSR count). The Morgan fingerprint density at radius 3 is 2.76 bits per heavy atom. The Morgan fingerprint density at radius 2 is 2.03 bits per heavy atom. The second-order valence-electron chi connectivity index (χ2n) is 8.37. The van der Waals surface area contributed by atoms with Gasteiger partial charge >= 0.3 is 0 Å². The van der Waals surface area contributed by atoms with E-state index >= 15 is 0 Å². The van der Waals surface area contributed by atoms with Gasteiger partial charge in [-0.05, 0) is 31.7 Å². The summed E-state index contributed by atoms with van der Waals surface area (Å²) in [6, 6.07) is 4.13. The van der Waals surface area contributed by atoms with Gasteiger partial charge in [-0.1, -0.05) is 0 Å². The highest BCUT2D eigenvalue weighted by atomic mass is 19.3. The Bertz CT molecular complexity index is 1330. The quantitative estimate of drug-likeness (QED) is 0.413. The van der Waals surface area contributed by atoms with Crippen molar-refractivity contribution in [2.45, 2.75) is 31.4 Å². The van der Waals surface area contributed by atoms with Gasteiger partial charge in [0.05, 0.1) is 31.2 Å². The third kappa shape index (κ3) is 4.00. The van der Waals surface area contributed by atoms with Crippen LogP contribution in [-0.4, -0.2) is 79.6 Å². The van der Waals surface area contributed by atoms with Crippen molar-refractivity contribution in [2.24, 2.45) is 0 Å². The molecule has 0 amide bonds. The summed E-state index contributed by atoms with van der Waals surface area (Å²) in [4.78, 5) is 14.7. The van der Waals surface area contributed by atoms with E-state index in [1.807, 2.05) is 0 Å². The van der Waals surface area contributed by atoms with Gasteiger partial charge in [0, 0.05) is 25.4 Å². The van der Waals surface area contributed by atoms with Crippen LogP contribution in [0.1, 0.15) is 6.42 Å². The lowest BCUT2D eigenvalue weighted by Gasteiger charge is -2.36. The van der Waals surface area contributed by atoms with E-state index in [9.17, 15) is 17.6 Å². The van der Waals surface area contributed by atoms with Gasteiger partial charge in [-0.15, -0.1) is 5.10 Å². The van der Waals surface area contributed by atoms with E-state index in [1.54, 1.807) is 43.4 Å². The summed E-state index contributed by atoms with van der Waals surface area (Å²) in [5.74, 6) is -2.43. The van der Waals surface area contributed by atoms with E-state index in [1.165, 1.54) is 15.4 Å². The molecule has 0 saturated carbocycles. The molecule has 1 unspecified atom stereocenters. The van der Waals surface area contributed by atoms with Gasteiger partial charge in [0.15, 0.2) is 11.5 Å². The molecule has 1 fully saturated rings. The molecule has 0 aromatic carbocycles. The van der Waals surface area contributed by atoms with Crippen molar-refractivity contribution in [2.75, 3.05) is 37.8 Å². The molecule has 1 aliphatic rings. The van der Waals surface area contributed by atoms with E-state index in [-0.39, 0.29) is 18.9 Å². The number of fused-ring (bicyclic) bond motifs is 2. The monoisotopic (exact) mass is 477 g/mol. The van der Waals surface area contributed by atoms with Crippen LogP contribution in [0.25, 0.3) is 27.9 Å². The Labute approximate surface area is 191 Å². The molecule has 13 heteroatoms. The number of likely N-dealkylation sites (tertiary alicyclic amines) is 1. The van der Waals surface area contributed by atoms with Crippen molar-refractivity contribution >= 4 is 28.4 Å². The lowest BCUT2D eigenvalue weighted by molar-refractivity contribution is -0.0675. The topological polar surface area (TPSA) is 88.2 Å². The predicted octanol–water partition coefficient (Wildman–Crippen LogP) is 3.20. The minimum Gasteiger partial charge on any atom is -0.371 e. The van der Waals surface area contributed by atoms with E-state index in [4.69, 9.17) is 0 Å². The Balaban J connectivity index is 1.52. The number of aromatic nitrogens is 6. The van der Waals surface area contributed by atoms with Gasteiger partial charge in [0.2, 0.25) is 5.95 Å². The van der Waals surface area contributed by atoms with Crippen LogP contribution in [0.5, 0.6) is 0 Å². The average molecular weight is 477 g/mol. The number of hydrogen-bond acceptors (Lipinski definition) is 7. The summed E-state index contributed by atoms with van der Waals surface area (Å²) in [6.45, 7) is -0.306. The molecule has 1 atom stereocenters. The molecule has 180 valence electrons. The molecule has 0 aliphatic carbocycles. The number of halogens is 4. The zero-order valence-corrected chi connectivity index (χ0v) is 18.5. The highest BCUT2D eigenvalue weighted by molar-refractivity contribution is 5.89. The highest BCUT2D eigenvalue weighted by Gasteiger charge is 2.44. The number of piperidine rings is 1. The smallest absolute Gasteiger partial charge is 0.280 e. The fourth-order valence-electron chi connectivity index (χ4n) is 4.28. The molecular weight excluding hydrogens is 454 g/mol. The lowest BCUT2D eigenvalue weighted by atomic mass is 10.0. The van der Waals surface area contributed by atoms with Crippen molar-refractivity contribution in [3.63, 3.8) is 0 Å². The zero-order valence-electron chi connectivity index (χ0n) is 18.5. The molecule has 1 saturated heterocycles. The summed E-state index contributed by atoms with van der Waals surface area (Å²) >= 11 is 0. The molecule has 0 radical (unpaired) electrons. The second-order valence-corrected chi connectivity index (χ2v) is 8.37. The minimum absolute atomic E-state index is 0.0756. The maximum Gasteiger partial charge on any atom is 0.280 e. The van der Waals surface area contributed by atoms with Crippen molar-refractivity contribution in [1.29, 1.82) is 0 Å². The van der Waals surface area contributed by atoms with Gasteiger partial charge in [0.1, 0.15) is 11.0 Å². The molecule has 5 heterocycles. The van der Waals surface area contributed by atoms with E-state index in [2.05, 4.69) is 30.7 Å². The molecule has 0 spiro atoms. The molecule has 4 aromatic rings. The van der Waals surface area contributed by atoms with Gasteiger partial charge < -0.3 is 20.1 Å². The third-order valence-electron chi connectivity index (χ3n) is 5.91. The van der Waals surface area contributed by atoms with Gasteiger partial charge in [-0.3, -0.25) is 0 Å². The molecule has 34 heavy (non-hydrogen) atoms. The number of imidazole rings is 1. The summed E-state index contributed by atoms with van der Waals surface area (Å²) in [6.07, 6.45) is 0.732. The number of alkyl halides is 4. The van der Waals surface area contributed by atoms with Gasteiger partial charge in [0.25, 0.3) is 12.3 Å². The summed E-state index contributed by atoms with van der Waals surface area (Å²) in [5, 5.41) is 10.2. The fourth-order valence-corrected chi connectivity index (χ4v) is 4.28. The predicted molar refractivity (Wildman–Crippen MR) is 120 cm³/mol. The molecule has 0 bridgehead atoms. The highest BCUT2D eigenvalue weighted by Crippen LogP contribution is 2.32. The Hall–Kier alpha value is -3.48. The average Bonchev–Trinajstić information content (AvgIpc) is 3.38. The van der Waals surface area contributed by atoms with E-state index in [0.29, 0.717) is 40.3 Å². The molecule has 4 aromatic heterocycles. The standard InChI is InChI=1S/C21H23F4N9/c1-26-18-17-12(13-3-4-14-19(28-13)33(11-27-14)9-16(22)23)5-8-34(17)31-20(30-18)29-15-6-7-32(2)10-21(15,24)25/h3-5,8,11,15-16H,6-7,9-10H2,1-2H3,(H2,26,29,30,31). The maximum absolute atomic E-state index is 14.5. The molecule has 1 aliphatic heterocycles. The van der Waals surface area contributed by atoms with E-state index < -0.39 is 24.9 Å². The van der Waals surface area contributed by atoms with Crippen LogP contribution >= 0.6 is 0 Å². The van der Waals surface area contributed by atoms with Gasteiger partial charge in [-0.2, -0.15) is 4.98 Å². The number of rotatable bonds is 6. The van der Waals surface area contributed by atoms with Crippen LogP contribution in [-0.2, 0) is 6.54 Å². The number of nitrogens with one attached hydrogen (secondary N) is 2. The normalized spacial score (nSPS) is 18.7. The molecule has 9 nitrogen and oxygen atoms in total. The number of nitrogens with zero attached hydrogens (tertiary/aromatic N) is 7. The lowest BCUT2D eigenvalue weighted by Crippen LogP contribution is -2.53. The first-order valence-electron chi connectivity index (χ1n) is 10.8. The van der Waals surface area contributed by atoms with Crippen LogP contribution in [0.4, 0.5) is 29.3 Å². The first kappa shape index (κ1) is 22.3. The van der Waals surface area contributed by atoms with Gasteiger partial charge in [-0.25, -0.2) is 32.0 Å². The molecular formula is C21H23F4N9. The van der Waals surface area contributed by atoms with Crippen LogP contribution < -0.4 is 10.6 Å². The maximum atomic E-state index is 14.5. The Kier molecular flexibility index (Phi) is 5.50. The summed E-state index contributed by atoms with van der Waals surface area (Å²) in [5.41, 5.74) is 2.60. The van der Waals surface area contributed by atoms with Crippen LogP contribution in [0.2, 0.25) is 0 Å². The first-order chi connectivity index (χ1) is 16.2. The van der Waals surface area contributed by atoms with Crippen molar-refractivity contribution in [1.82, 2.24) is 34.0 Å².